The predicted molar refractivity (Wildman–Crippen MR) is 106 cm³/mol. The van der Waals surface area contributed by atoms with Gasteiger partial charge in [0.2, 0.25) is 0 Å². The predicted octanol–water partition coefficient (Wildman–Crippen LogP) is 1.32. The zero-order chi connectivity index (χ0) is 18.8. The summed E-state index contributed by atoms with van der Waals surface area (Å²) in [5, 5.41) is 9.72. The maximum Gasteiger partial charge on any atom is 0.266 e. The summed E-state index contributed by atoms with van der Waals surface area (Å²) >= 11 is 1.77. The topological polar surface area (TPSA) is 72.1 Å². The van der Waals surface area contributed by atoms with Gasteiger partial charge < -0.3 is 4.90 Å². The number of anilines is 1. The molecule has 1 aliphatic rings. The molecular weight excluding hydrogens is 362 g/mol. The van der Waals surface area contributed by atoms with Crippen LogP contribution in [0.2, 0.25) is 0 Å². The molecule has 3 aromatic rings. The van der Waals surface area contributed by atoms with E-state index in [1.807, 2.05) is 12.3 Å². The van der Waals surface area contributed by atoms with E-state index < -0.39 is 0 Å². The number of thiazole rings is 1. The second-order valence-corrected chi connectivity index (χ2v) is 7.85. The molecule has 0 amide bonds. The van der Waals surface area contributed by atoms with Crippen molar-refractivity contribution < 1.29 is 0 Å². The third-order valence-electron chi connectivity index (χ3n) is 4.88. The quantitative estimate of drug-likeness (QED) is 0.660. The Hall–Kier alpha value is -2.52. The molecule has 4 rings (SSSR count). The van der Waals surface area contributed by atoms with Crippen molar-refractivity contribution in [3.05, 3.63) is 51.5 Å². The molecule has 0 aromatic carbocycles. The zero-order valence-corrected chi connectivity index (χ0v) is 16.4. The number of hydrogen-bond acceptors (Lipinski definition) is 7. The Morgan fingerprint density at radius 1 is 1.11 bits per heavy atom. The second kappa shape index (κ2) is 7.61. The van der Waals surface area contributed by atoms with Crippen molar-refractivity contribution in [3.63, 3.8) is 0 Å². The van der Waals surface area contributed by atoms with Gasteiger partial charge >= 0.3 is 0 Å². The largest absolute Gasteiger partial charge is 0.346 e. The minimum atomic E-state index is -0.0849. The summed E-state index contributed by atoms with van der Waals surface area (Å²) in [5.74, 6) is 0.652. The lowest BCUT2D eigenvalue weighted by atomic mass is 10.3. The van der Waals surface area contributed by atoms with Gasteiger partial charge in [-0.2, -0.15) is 5.10 Å². The summed E-state index contributed by atoms with van der Waals surface area (Å²) in [6.07, 6.45) is 3.51. The Bertz CT molecular complexity index is 935. The van der Waals surface area contributed by atoms with E-state index >= 15 is 0 Å². The molecule has 4 heterocycles. The smallest absolute Gasteiger partial charge is 0.266 e. The number of nitrogens with zero attached hydrogens (tertiary/aromatic N) is 7. The molecule has 142 valence electrons. The highest BCUT2D eigenvalue weighted by Gasteiger charge is 2.20. The van der Waals surface area contributed by atoms with Gasteiger partial charge in [-0.05, 0) is 26.0 Å². The van der Waals surface area contributed by atoms with Crippen LogP contribution in [-0.4, -0.2) is 62.2 Å². The van der Waals surface area contributed by atoms with Crippen LogP contribution in [-0.2, 0) is 6.54 Å². The Morgan fingerprint density at radius 2 is 1.93 bits per heavy atom. The number of aromatic nitrogens is 5. The van der Waals surface area contributed by atoms with Gasteiger partial charge in [0.1, 0.15) is 0 Å². The van der Waals surface area contributed by atoms with E-state index in [-0.39, 0.29) is 5.56 Å². The average molecular weight is 385 g/mol. The van der Waals surface area contributed by atoms with E-state index in [2.05, 4.69) is 38.8 Å². The van der Waals surface area contributed by atoms with E-state index in [1.54, 1.807) is 34.3 Å². The molecule has 0 N–H and O–H groups in total. The van der Waals surface area contributed by atoms with Crippen LogP contribution in [0.1, 0.15) is 10.6 Å². The van der Waals surface area contributed by atoms with E-state index in [0.717, 1.165) is 43.5 Å². The molecule has 9 heteroatoms. The Kier molecular flexibility index (Phi) is 5.04. The highest BCUT2D eigenvalue weighted by Crippen LogP contribution is 2.25. The molecule has 1 aliphatic heterocycles. The Morgan fingerprint density at radius 3 is 2.59 bits per heavy atom. The van der Waals surface area contributed by atoms with Crippen molar-refractivity contribution in [1.29, 1.82) is 0 Å². The Balaban J connectivity index is 1.35. The van der Waals surface area contributed by atoms with Crippen molar-refractivity contribution in [2.45, 2.75) is 20.4 Å². The number of piperazine rings is 1. The van der Waals surface area contributed by atoms with Crippen LogP contribution >= 0.6 is 11.3 Å². The first-order valence-electron chi connectivity index (χ1n) is 9.10. The second-order valence-electron chi connectivity index (χ2n) is 6.67. The van der Waals surface area contributed by atoms with Gasteiger partial charge in [0.05, 0.1) is 12.2 Å². The maximum atomic E-state index is 12.1. The van der Waals surface area contributed by atoms with Crippen molar-refractivity contribution in [3.8, 4) is 5.82 Å². The summed E-state index contributed by atoms with van der Waals surface area (Å²) in [7, 11) is 0. The van der Waals surface area contributed by atoms with E-state index in [4.69, 9.17) is 0 Å². The van der Waals surface area contributed by atoms with Crippen LogP contribution in [0.3, 0.4) is 0 Å². The third kappa shape index (κ3) is 3.93. The van der Waals surface area contributed by atoms with Crippen LogP contribution in [0.5, 0.6) is 0 Å². The van der Waals surface area contributed by atoms with Crippen molar-refractivity contribution in [1.82, 2.24) is 29.4 Å². The van der Waals surface area contributed by atoms with Crippen molar-refractivity contribution in [2.75, 3.05) is 37.6 Å². The molecule has 8 nitrogen and oxygen atoms in total. The average Bonchev–Trinajstić information content (AvgIpc) is 3.32. The summed E-state index contributed by atoms with van der Waals surface area (Å²) < 4.78 is 3.18. The number of hydrogen-bond donors (Lipinski definition) is 0. The normalized spacial score (nSPS) is 15.4. The lowest BCUT2D eigenvalue weighted by Crippen LogP contribution is -2.47. The highest BCUT2D eigenvalue weighted by atomic mass is 32.1. The third-order valence-corrected chi connectivity index (χ3v) is 6.01. The minimum absolute atomic E-state index is 0.0849. The van der Waals surface area contributed by atoms with Gasteiger partial charge in [-0.15, -0.1) is 16.4 Å². The van der Waals surface area contributed by atoms with Gasteiger partial charge in [-0.3, -0.25) is 9.69 Å². The van der Waals surface area contributed by atoms with Crippen LogP contribution < -0.4 is 10.5 Å². The molecule has 0 saturated carbocycles. The first-order valence-corrected chi connectivity index (χ1v) is 9.91. The lowest BCUT2D eigenvalue weighted by molar-refractivity contribution is 0.242. The fourth-order valence-corrected chi connectivity index (χ4v) is 4.08. The van der Waals surface area contributed by atoms with Crippen LogP contribution in [0.4, 0.5) is 5.13 Å². The number of rotatable bonds is 5. The molecular formula is C18H23N7OS. The number of aryl methyl sites for hydroxylation is 2. The van der Waals surface area contributed by atoms with Crippen LogP contribution in [0, 0.1) is 13.8 Å². The molecule has 0 bridgehead atoms. The van der Waals surface area contributed by atoms with Crippen molar-refractivity contribution in [2.24, 2.45) is 0 Å². The first kappa shape index (κ1) is 17.9. The molecule has 0 radical (unpaired) electrons. The van der Waals surface area contributed by atoms with Gasteiger partial charge in [-0.1, -0.05) is 0 Å². The molecule has 3 aromatic heterocycles. The lowest BCUT2D eigenvalue weighted by Gasteiger charge is -2.34. The van der Waals surface area contributed by atoms with E-state index in [1.165, 1.54) is 9.56 Å². The molecule has 27 heavy (non-hydrogen) atoms. The maximum absolute atomic E-state index is 12.1. The Labute approximate surface area is 161 Å². The van der Waals surface area contributed by atoms with Gasteiger partial charge in [-0.25, -0.2) is 14.3 Å². The minimum Gasteiger partial charge on any atom is -0.346 e. The first-order chi connectivity index (χ1) is 13.1. The molecule has 0 spiro atoms. The zero-order valence-electron chi connectivity index (χ0n) is 15.6. The molecule has 1 fully saturated rings. The standard InChI is InChI=1S/C18H23N7OS/c1-14-15(2)27-18(20-14)23-11-8-22(9-12-23)10-13-25-17(26)5-4-16(21-25)24-7-3-6-19-24/h3-7H,8-13H2,1-2H3. The fourth-order valence-electron chi connectivity index (χ4n) is 3.11. The molecule has 0 unspecified atom stereocenters. The summed E-state index contributed by atoms with van der Waals surface area (Å²) in [4.78, 5) is 22.8. The van der Waals surface area contributed by atoms with Crippen LogP contribution in [0.25, 0.3) is 5.82 Å². The van der Waals surface area contributed by atoms with E-state index in [0.29, 0.717) is 12.4 Å². The van der Waals surface area contributed by atoms with Gasteiger partial charge in [0, 0.05) is 56.1 Å². The highest BCUT2D eigenvalue weighted by molar-refractivity contribution is 7.15. The monoisotopic (exact) mass is 385 g/mol. The molecule has 1 saturated heterocycles. The SMILES string of the molecule is Cc1nc(N2CCN(CCn3nc(-n4cccn4)ccc3=O)CC2)sc1C. The van der Waals surface area contributed by atoms with E-state index in [9.17, 15) is 4.79 Å². The molecule has 0 atom stereocenters. The van der Waals surface area contributed by atoms with Crippen LogP contribution in [0.15, 0.2) is 35.4 Å². The van der Waals surface area contributed by atoms with Crippen molar-refractivity contribution >= 4 is 16.5 Å². The summed E-state index contributed by atoms with van der Waals surface area (Å²) in [5.41, 5.74) is 1.04. The molecule has 0 aliphatic carbocycles. The fraction of sp³-hybridized carbons (Fsp3) is 0.444. The summed E-state index contributed by atoms with van der Waals surface area (Å²) in [6, 6.07) is 5.08. The van der Waals surface area contributed by atoms with Gasteiger partial charge in [0.25, 0.3) is 5.56 Å². The summed E-state index contributed by atoms with van der Waals surface area (Å²) in [6.45, 7) is 9.41. The van der Waals surface area contributed by atoms with Gasteiger partial charge in [0.15, 0.2) is 10.9 Å².